The molecule has 0 aromatic heterocycles. The molecule has 1 heterocycles. The van der Waals surface area contributed by atoms with Gasteiger partial charge in [-0.05, 0) is 25.5 Å². The summed E-state index contributed by atoms with van der Waals surface area (Å²) in [5.41, 5.74) is 1.47. The van der Waals surface area contributed by atoms with E-state index < -0.39 is 0 Å². The first-order chi connectivity index (χ1) is 10.2. The van der Waals surface area contributed by atoms with E-state index in [1.54, 1.807) is 4.90 Å². The van der Waals surface area contributed by atoms with Gasteiger partial charge >= 0.3 is 0 Å². The maximum Gasteiger partial charge on any atom is 0.253 e. The summed E-state index contributed by atoms with van der Waals surface area (Å²) >= 11 is 0. The maximum absolute atomic E-state index is 12.4. The summed E-state index contributed by atoms with van der Waals surface area (Å²) in [5, 5.41) is 6.22. The second kappa shape index (κ2) is 7.11. The van der Waals surface area contributed by atoms with E-state index in [1.807, 2.05) is 31.2 Å². The Morgan fingerprint density at radius 1 is 1.33 bits per heavy atom. The predicted molar refractivity (Wildman–Crippen MR) is 83.3 cm³/mol. The van der Waals surface area contributed by atoms with E-state index in [2.05, 4.69) is 17.6 Å². The molecule has 5 nitrogen and oxygen atoms in total. The molecule has 2 rings (SSSR count). The number of carbonyl (C=O) groups is 2. The summed E-state index contributed by atoms with van der Waals surface area (Å²) in [6, 6.07) is 7.38. The maximum atomic E-state index is 12.4. The second-order valence-corrected chi connectivity index (χ2v) is 5.28. The lowest BCUT2D eigenvalue weighted by molar-refractivity contribution is -0.127. The number of amides is 2. The molecule has 1 aliphatic rings. The van der Waals surface area contributed by atoms with Crippen LogP contribution in [0.3, 0.4) is 0 Å². The summed E-state index contributed by atoms with van der Waals surface area (Å²) in [6.07, 6.45) is 1.39. The lowest BCUT2D eigenvalue weighted by Crippen LogP contribution is -2.37. The number of carbonyl (C=O) groups excluding carboxylic acids is 2. The second-order valence-electron chi connectivity index (χ2n) is 5.28. The molecule has 1 aromatic carbocycles. The van der Waals surface area contributed by atoms with Crippen LogP contribution in [0.5, 0.6) is 0 Å². The van der Waals surface area contributed by atoms with Crippen molar-refractivity contribution in [2.24, 2.45) is 0 Å². The molecule has 0 spiro atoms. The SMILES string of the molecule is CCCNc1ccccc1C(=O)N[C@@H]1CC(=O)N(CC)C1. The molecule has 0 saturated carbocycles. The topological polar surface area (TPSA) is 61.4 Å². The zero-order valence-corrected chi connectivity index (χ0v) is 12.7. The van der Waals surface area contributed by atoms with Crippen molar-refractivity contribution in [2.75, 3.05) is 25.0 Å². The number of anilines is 1. The minimum atomic E-state index is -0.120. The lowest BCUT2D eigenvalue weighted by Gasteiger charge is -2.16. The fourth-order valence-electron chi connectivity index (χ4n) is 2.53. The van der Waals surface area contributed by atoms with Crippen molar-refractivity contribution in [2.45, 2.75) is 32.7 Å². The number of nitrogens with zero attached hydrogens (tertiary/aromatic N) is 1. The van der Waals surface area contributed by atoms with Gasteiger partial charge in [0.25, 0.3) is 5.91 Å². The third-order valence-electron chi connectivity index (χ3n) is 3.67. The molecule has 1 fully saturated rings. The van der Waals surface area contributed by atoms with Crippen LogP contribution < -0.4 is 10.6 Å². The van der Waals surface area contributed by atoms with E-state index in [4.69, 9.17) is 0 Å². The van der Waals surface area contributed by atoms with Crippen LogP contribution in [-0.4, -0.2) is 42.4 Å². The number of likely N-dealkylation sites (tertiary alicyclic amines) is 1. The van der Waals surface area contributed by atoms with E-state index in [1.165, 1.54) is 0 Å². The Morgan fingerprint density at radius 2 is 2.10 bits per heavy atom. The van der Waals surface area contributed by atoms with E-state index >= 15 is 0 Å². The molecule has 1 aliphatic heterocycles. The fraction of sp³-hybridized carbons (Fsp3) is 0.500. The van der Waals surface area contributed by atoms with Gasteiger partial charge < -0.3 is 15.5 Å². The molecule has 0 aliphatic carbocycles. The average molecular weight is 289 g/mol. The molecule has 1 atom stereocenters. The average Bonchev–Trinajstić information content (AvgIpc) is 2.85. The summed E-state index contributed by atoms with van der Waals surface area (Å²) in [7, 11) is 0. The van der Waals surface area contributed by atoms with Gasteiger partial charge in [0.05, 0.1) is 11.6 Å². The largest absolute Gasteiger partial charge is 0.384 e. The van der Waals surface area contributed by atoms with Gasteiger partial charge in [-0.3, -0.25) is 9.59 Å². The zero-order chi connectivity index (χ0) is 15.2. The van der Waals surface area contributed by atoms with Crippen molar-refractivity contribution >= 4 is 17.5 Å². The monoisotopic (exact) mass is 289 g/mol. The molecular formula is C16H23N3O2. The van der Waals surface area contributed by atoms with Gasteiger partial charge in [0.15, 0.2) is 0 Å². The van der Waals surface area contributed by atoms with Gasteiger partial charge in [0.1, 0.15) is 0 Å². The Kier molecular flexibility index (Phi) is 5.20. The normalized spacial score (nSPS) is 17.9. The number of hydrogen-bond donors (Lipinski definition) is 2. The van der Waals surface area contributed by atoms with Gasteiger partial charge in [-0.1, -0.05) is 19.1 Å². The van der Waals surface area contributed by atoms with Gasteiger partial charge in [0, 0.05) is 31.7 Å². The first-order valence-electron chi connectivity index (χ1n) is 7.57. The number of benzene rings is 1. The molecule has 0 unspecified atom stereocenters. The highest BCUT2D eigenvalue weighted by atomic mass is 16.2. The third kappa shape index (κ3) is 3.74. The summed E-state index contributed by atoms with van der Waals surface area (Å²) in [4.78, 5) is 25.9. The van der Waals surface area contributed by atoms with Crippen LogP contribution >= 0.6 is 0 Å². The van der Waals surface area contributed by atoms with Crippen molar-refractivity contribution < 1.29 is 9.59 Å². The number of hydrogen-bond acceptors (Lipinski definition) is 3. The van der Waals surface area contributed by atoms with Gasteiger partial charge in [0.2, 0.25) is 5.91 Å². The van der Waals surface area contributed by atoms with Crippen LogP contribution in [0.15, 0.2) is 24.3 Å². The van der Waals surface area contributed by atoms with Crippen LogP contribution in [0.4, 0.5) is 5.69 Å². The zero-order valence-electron chi connectivity index (χ0n) is 12.7. The van der Waals surface area contributed by atoms with E-state index in [0.29, 0.717) is 25.1 Å². The summed E-state index contributed by atoms with van der Waals surface area (Å²) in [5.74, 6) is -0.00912. The molecule has 1 saturated heterocycles. The van der Waals surface area contributed by atoms with Crippen molar-refractivity contribution in [1.29, 1.82) is 0 Å². The molecule has 21 heavy (non-hydrogen) atoms. The highest BCUT2D eigenvalue weighted by Crippen LogP contribution is 2.17. The molecule has 114 valence electrons. The first-order valence-corrected chi connectivity index (χ1v) is 7.57. The minimum absolute atomic E-state index is 0.0934. The quantitative estimate of drug-likeness (QED) is 0.840. The Labute approximate surface area is 125 Å². The number of rotatable bonds is 6. The van der Waals surface area contributed by atoms with Gasteiger partial charge in [-0.2, -0.15) is 0 Å². The van der Waals surface area contributed by atoms with Crippen molar-refractivity contribution in [1.82, 2.24) is 10.2 Å². The molecule has 0 bridgehead atoms. The Hall–Kier alpha value is -2.04. The Morgan fingerprint density at radius 3 is 2.76 bits per heavy atom. The predicted octanol–water partition coefficient (Wildman–Crippen LogP) is 1.86. The number of nitrogens with one attached hydrogen (secondary N) is 2. The smallest absolute Gasteiger partial charge is 0.253 e. The fourth-order valence-corrected chi connectivity index (χ4v) is 2.53. The van der Waals surface area contributed by atoms with Gasteiger partial charge in [-0.15, -0.1) is 0 Å². The first kappa shape index (κ1) is 15.4. The minimum Gasteiger partial charge on any atom is -0.384 e. The molecular weight excluding hydrogens is 266 g/mol. The highest BCUT2D eigenvalue weighted by molar-refractivity contribution is 6.00. The van der Waals surface area contributed by atoms with Crippen LogP contribution in [0.2, 0.25) is 0 Å². The van der Waals surface area contributed by atoms with Crippen LogP contribution in [0.1, 0.15) is 37.0 Å². The van der Waals surface area contributed by atoms with Crippen molar-refractivity contribution in [3.63, 3.8) is 0 Å². The summed E-state index contributed by atoms with van der Waals surface area (Å²) in [6.45, 7) is 6.16. The Bertz CT molecular complexity index is 516. The highest BCUT2D eigenvalue weighted by Gasteiger charge is 2.29. The van der Waals surface area contributed by atoms with Crippen LogP contribution in [0.25, 0.3) is 0 Å². The molecule has 2 amide bonds. The van der Waals surface area contributed by atoms with Crippen molar-refractivity contribution in [3.05, 3.63) is 29.8 Å². The van der Waals surface area contributed by atoms with Crippen LogP contribution in [0, 0.1) is 0 Å². The number of likely N-dealkylation sites (N-methyl/N-ethyl adjacent to an activating group) is 1. The van der Waals surface area contributed by atoms with E-state index in [0.717, 1.165) is 18.7 Å². The van der Waals surface area contributed by atoms with Gasteiger partial charge in [-0.25, -0.2) is 0 Å². The molecule has 2 N–H and O–H groups in total. The Balaban J connectivity index is 2.02. The van der Waals surface area contributed by atoms with Crippen molar-refractivity contribution in [3.8, 4) is 0 Å². The molecule has 5 heteroatoms. The van der Waals surface area contributed by atoms with E-state index in [9.17, 15) is 9.59 Å². The molecule has 0 radical (unpaired) electrons. The molecule has 1 aromatic rings. The standard InChI is InChI=1S/C16H23N3O2/c1-3-9-17-14-8-6-5-7-13(14)16(21)18-12-10-15(20)19(4-2)11-12/h5-8,12,17H,3-4,9-11H2,1-2H3,(H,18,21)/t12-/m1/s1. The lowest BCUT2D eigenvalue weighted by atomic mass is 10.1. The van der Waals surface area contributed by atoms with E-state index in [-0.39, 0.29) is 17.9 Å². The van der Waals surface area contributed by atoms with Crippen LogP contribution in [-0.2, 0) is 4.79 Å². The third-order valence-corrected chi connectivity index (χ3v) is 3.67. The number of para-hydroxylation sites is 1. The summed E-state index contributed by atoms with van der Waals surface area (Å²) < 4.78 is 0.